The van der Waals surface area contributed by atoms with Gasteiger partial charge in [0.1, 0.15) is 6.33 Å². The Bertz CT molecular complexity index is 377. The number of nitrogens with zero attached hydrogens (tertiary/aromatic N) is 3. The minimum atomic E-state index is 0.0705. The van der Waals surface area contributed by atoms with Gasteiger partial charge in [-0.1, -0.05) is 13.3 Å². The topological polar surface area (TPSA) is 85.8 Å². The summed E-state index contributed by atoms with van der Waals surface area (Å²) in [4.78, 5) is 11.8. The van der Waals surface area contributed by atoms with E-state index in [1.54, 1.807) is 6.33 Å². The highest BCUT2D eigenvalue weighted by Crippen LogP contribution is 2.14. The molecule has 1 atom stereocenters. The van der Waals surface area contributed by atoms with E-state index in [-0.39, 0.29) is 5.91 Å². The zero-order valence-electron chi connectivity index (χ0n) is 11.9. The first kappa shape index (κ1) is 15.6. The zero-order chi connectivity index (χ0) is 14.1. The van der Waals surface area contributed by atoms with Crippen molar-refractivity contribution in [1.82, 2.24) is 20.1 Å². The van der Waals surface area contributed by atoms with E-state index in [9.17, 15) is 4.79 Å². The highest BCUT2D eigenvalue weighted by atomic mass is 16.1. The van der Waals surface area contributed by atoms with Gasteiger partial charge in [0.15, 0.2) is 5.82 Å². The predicted molar refractivity (Wildman–Crippen MR) is 74.2 cm³/mol. The molecule has 0 aliphatic heterocycles. The molecular formula is C13H25N5O. The van der Waals surface area contributed by atoms with Crippen LogP contribution in [0.2, 0.25) is 0 Å². The highest BCUT2D eigenvalue weighted by Gasteiger charge is 2.10. The molecule has 1 rings (SSSR count). The average molecular weight is 267 g/mol. The summed E-state index contributed by atoms with van der Waals surface area (Å²) >= 11 is 0. The van der Waals surface area contributed by atoms with Crippen molar-refractivity contribution in [2.24, 2.45) is 11.7 Å². The summed E-state index contributed by atoms with van der Waals surface area (Å²) in [6.07, 6.45) is 5.21. The number of hydrogen-bond donors (Lipinski definition) is 2. The van der Waals surface area contributed by atoms with Crippen molar-refractivity contribution in [2.75, 3.05) is 6.54 Å². The number of nitrogens with two attached hydrogens (primary N) is 1. The first-order valence-electron chi connectivity index (χ1n) is 7.04. The van der Waals surface area contributed by atoms with Crippen molar-refractivity contribution < 1.29 is 4.79 Å². The van der Waals surface area contributed by atoms with Crippen LogP contribution in [0.25, 0.3) is 0 Å². The van der Waals surface area contributed by atoms with E-state index in [0.29, 0.717) is 25.4 Å². The Balaban J connectivity index is 2.28. The van der Waals surface area contributed by atoms with E-state index in [0.717, 1.165) is 31.6 Å². The quantitative estimate of drug-likeness (QED) is 0.700. The third-order valence-corrected chi connectivity index (χ3v) is 3.41. The molecule has 0 radical (unpaired) electrons. The number of amides is 1. The van der Waals surface area contributed by atoms with Crippen LogP contribution in [0.15, 0.2) is 6.33 Å². The van der Waals surface area contributed by atoms with Gasteiger partial charge in [-0.2, -0.15) is 0 Å². The van der Waals surface area contributed by atoms with E-state index >= 15 is 0 Å². The number of carbonyl (C=O) groups is 1. The Morgan fingerprint density at radius 3 is 2.89 bits per heavy atom. The molecule has 19 heavy (non-hydrogen) atoms. The Labute approximate surface area is 114 Å². The molecule has 1 heterocycles. The normalized spacial score (nSPS) is 12.4. The van der Waals surface area contributed by atoms with Crippen LogP contribution in [0.4, 0.5) is 0 Å². The fourth-order valence-electron chi connectivity index (χ4n) is 2.07. The number of hydrogen-bond acceptors (Lipinski definition) is 4. The van der Waals surface area contributed by atoms with Gasteiger partial charge in [0, 0.05) is 13.0 Å². The number of aromatic nitrogens is 3. The Morgan fingerprint density at radius 2 is 2.26 bits per heavy atom. The van der Waals surface area contributed by atoms with E-state index in [1.165, 1.54) is 0 Å². The van der Waals surface area contributed by atoms with Crippen LogP contribution in [0, 0.1) is 5.92 Å². The van der Waals surface area contributed by atoms with E-state index in [4.69, 9.17) is 5.73 Å². The Morgan fingerprint density at radius 1 is 1.47 bits per heavy atom. The molecule has 108 valence electrons. The number of rotatable bonds is 9. The smallest absolute Gasteiger partial charge is 0.220 e. The molecule has 1 amide bonds. The van der Waals surface area contributed by atoms with Gasteiger partial charge in [0.05, 0.1) is 6.54 Å². The molecule has 1 unspecified atom stereocenters. The molecule has 0 aliphatic carbocycles. The van der Waals surface area contributed by atoms with Crippen LogP contribution in [0.3, 0.4) is 0 Å². The lowest BCUT2D eigenvalue weighted by Crippen LogP contribution is -2.25. The fourth-order valence-corrected chi connectivity index (χ4v) is 2.07. The van der Waals surface area contributed by atoms with Crippen molar-refractivity contribution in [2.45, 2.75) is 52.6 Å². The second kappa shape index (κ2) is 8.63. The van der Waals surface area contributed by atoms with E-state index in [1.807, 2.05) is 11.5 Å². The first-order valence-corrected chi connectivity index (χ1v) is 7.04. The van der Waals surface area contributed by atoms with Gasteiger partial charge in [0.25, 0.3) is 0 Å². The predicted octanol–water partition coefficient (Wildman–Crippen LogP) is 1.07. The number of nitrogens with one attached hydrogen (secondary N) is 1. The summed E-state index contributed by atoms with van der Waals surface area (Å²) in [6.45, 7) is 6.11. The molecular weight excluding hydrogens is 242 g/mol. The van der Waals surface area contributed by atoms with Crippen LogP contribution in [-0.2, 0) is 17.9 Å². The number of carbonyl (C=O) groups excluding carboxylic acids is 1. The van der Waals surface area contributed by atoms with Crippen LogP contribution in [0.5, 0.6) is 0 Å². The van der Waals surface area contributed by atoms with Crippen molar-refractivity contribution in [3.8, 4) is 0 Å². The second-order valence-electron chi connectivity index (χ2n) is 4.70. The van der Waals surface area contributed by atoms with Crippen LogP contribution >= 0.6 is 0 Å². The maximum atomic E-state index is 11.8. The molecule has 1 aromatic rings. The van der Waals surface area contributed by atoms with Crippen LogP contribution in [0.1, 0.15) is 45.4 Å². The molecule has 0 saturated heterocycles. The molecule has 0 spiro atoms. The third-order valence-electron chi connectivity index (χ3n) is 3.41. The molecule has 0 fully saturated rings. The standard InChI is InChI=1S/C13H25N5O/c1-3-11(7-8-14)5-6-13(19)15-9-12-17-16-10-18(12)4-2/h10-11H,3-9,14H2,1-2H3,(H,15,19). The van der Waals surface area contributed by atoms with Gasteiger partial charge in [-0.3, -0.25) is 4.79 Å². The molecule has 6 heteroatoms. The first-order chi connectivity index (χ1) is 9.21. The molecule has 0 aliphatic rings. The Hall–Kier alpha value is -1.43. The molecule has 6 nitrogen and oxygen atoms in total. The number of aryl methyl sites for hydroxylation is 1. The van der Waals surface area contributed by atoms with Gasteiger partial charge in [-0.25, -0.2) is 0 Å². The molecule has 1 aromatic heterocycles. The monoisotopic (exact) mass is 267 g/mol. The summed E-state index contributed by atoms with van der Waals surface area (Å²) < 4.78 is 1.92. The minimum absolute atomic E-state index is 0.0705. The summed E-state index contributed by atoms with van der Waals surface area (Å²) in [5.74, 6) is 1.42. The van der Waals surface area contributed by atoms with Crippen molar-refractivity contribution in [3.63, 3.8) is 0 Å². The van der Waals surface area contributed by atoms with Gasteiger partial charge in [-0.05, 0) is 32.2 Å². The van der Waals surface area contributed by atoms with Crippen molar-refractivity contribution in [1.29, 1.82) is 0 Å². The zero-order valence-corrected chi connectivity index (χ0v) is 11.9. The van der Waals surface area contributed by atoms with Crippen LogP contribution in [-0.4, -0.2) is 27.2 Å². The SMILES string of the molecule is CCC(CCN)CCC(=O)NCc1nncn1CC. The molecule has 0 bridgehead atoms. The molecule has 3 N–H and O–H groups in total. The van der Waals surface area contributed by atoms with Gasteiger partial charge in [-0.15, -0.1) is 10.2 Å². The minimum Gasteiger partial charge on any atom is -0.349 e. The summed E-state index contributed by atoms with van der Waals surface area (Å²) in [7, 11) is 0. The fraction of sp³-hybridized carbons (Fsp3) is 0.769. The second-order valence-corrected chi connectivity index (χ2v) is 4.70. The van der Waals surface area contributed by atoms with E-state index in [2.05, 4.69) is 22.4 Å². The lowest BCUT2D eigenvalue weighted by Gasteiger charge is -2.13. The summed E-state index contributed by atoms with van der Waals surface area (Å²) in [5.41, 5.74) is 5.55. The van der Waals surface area contributed by atoms with E-state index < -0.39 is 0 Å². The summed E-state index contributed by atoms with van der Waals surface area (Å²) in [5, 5.41) is 10.7. The van der Waals surface area contributed by atoms with Crippen LogP contribution < -0.4 is 11.1 Å². The maximum absolute atomic E-state index is 11.8. The van der Waals surface area contributed by atoms with Crippen molar-refractivity contribution >= 4 is 5.91 Å². The lowest BCUT2D eigenvalue weighted by atomic mass is 9.96. The summed E-state index contributed by atoms with van der Waals surface area (Å²) in [6, 6.07) is 0. The molecule has 0 saturated carbocycles. The lowest BCUT2D eigenvalue weighted by molar-refractivity contribution is -0.121. The van der Waals surface area contributed by atoms with Gasteiger partial charge in [0.2, 0.25) is 5.91 Å². The maximum Gasteiger partial charge on any atom is 0.220 e. The molecule has 0 aromatic carbocycles. The van der Waals surface area contributed by atoms with Crippen molar-refractivity contribution in [3.05, 3.63) is 12.2 Å². The average Bonchev–Trinajstić information content (AvgIpc) is 2.88. The Kier molecular flexibility index (Phi) is 7.10. The van der Waals surface area contributed by atoms with Gasteiger partial charge < -0.3 is 15.6 Å². The largest absolute Gasteiger partial charge is 0.349 e. The third kappa shape index (κ3) is 5.38. The van der Waals surface area contributed by atoms with Gasteiger partial charge >= 0.3 is 0 Å². The highest BCUT2D eigenvalue weighted by molar-refractivity contribution is 5.75.